The number of thiazole rings is 1. The second-order valence-electron chi connectivity index (χ2n) is 3.36. The summed E-state index contributed by atoms with van der Waals surface area (Å²) in [6.07, 6.45) is 6.41. The van der Waals surface area contributed by atoms with E-state index >= 15 is 0 Å². The Kier molecular flexibility index (Phi) is 3.55. The standard InChI is InChI=1S/C11H12N2O3S/c1-2-16-7-8-5-13-6-9(3-4-10(14)15)17-11(13)12-8/h3-6H,2,7H2,1H3,(H,14,15)/b4-3+. The lowest BCUT2D eigenvalue weighted by Crippen LogP contribution is -1.91. The lowest BCUT2D eigenvalue weighted by molar-refractivity contribution is -0.131. The van der Waals surface area contributed by atoms with Gasteiger partial charge in [0.1, 0.15) is 0 Å². The highest BCUT2D eigenvalue weighted by Crippen LogP contribution is 2.19. The molecule has 17 heavy (non-hydrogen) atoms. The summed E-state index contributed by atoms with van der Waals surface area (Å²) >= 11 is 1.44. The summed E-state index contributed by atoms with van der Waals surface area (Å²) in [5.41, 5.74) is 0.881. The number of aromatic nitrogens is 2. The van der Waals surface area contributed by atoms with Gasteiger partial charge in [0.25, 0.3) is 0 Å². The maximum Gasteiger partial charge on any atom is 0.328 e. The molecule has 90 valence electrons. The number of nitrogens with zero attached hydrogens (tertiary/aromatic N) is 2. The molecule has 0 fully saturated rings. The van der Waals surface area contributed by atoms with Crippen LogP contribution in [0.25, 0.3) is 11.0 Å². The van der Waals surface area contributed by atoms with Crippen LogP contribution in [0.1, 0.15) is 17.5 Å². The van der Waals surface area contributed by atoms with Crippen molar-refractivity contribution in [2.45, 2.75) is 13.5 Å². The summed E-state index contributed by atoms with van der Waals surface area (Å²) in [4.78, 5) is 16.4. The minimum Gasteiger partial charge on any atom is -0.478 e. The molecule has 0 bridgehead atoms. The zero-order chi connectivity index (χ0) is 12.3. The largest absolute Gasteiger partial charge is 0.478 e. The average molecular weight is 252 g/mol. The highest BCUT2D eigenvalue weighted by atomic mass is 32.1. The van der Waals surface area contributed by atoms with E-state index in [2.05, 4.69) is 4.98 Å². The Hall–Kier alpha value is -1.66. The zero-order valence-corrected chi connectivity index (χ0v) is 10.1. The predicted octanol–water partition coefficient (Wildman–Crippen LogP) is 2.03. The number of hydrogen-bond donors (Lipinski definition) is 1. The van der Waals surface area contributed by atoms with Crippen LogP contribution in [0.15, 0.2) is 18.5 Å². The van der Waals surface area contributed by atoms with E-state index in [4.69, 9.17) is 9.84 Å². The quantitative estimate of drug-likeness (QED) is 0.827. The Labute approximate surface area is 102 Å². The maximum atomic E-state index is 10.4. The van der Waals surface area contributed by atoms with Crippen molar-refractivity contribution < 1.29 is 14.6 Å². The number of carboxylic acids is 1. The SMILES string of the molecule is CCOCc1cn2cc(/C=C/C(=O)O)sc2n1. The summed E-state index contributed by atoms with van der Waals surface area (Å²) in [6.45, 7) is 3.11. The van der Waals surface area contributed by atoms with Crippen LogP contribution >= 0.6 is 11.3 Å². The zero-order valence-electron chi connectivity index (χ0n) is 9.29. The van der Waals surface area contributed by atoms with Gasteiger partial charge in [-0.3, -0.25) is 4.40 Å². The molecule has 0 unspecified atom stereocenters. The van der Waals surface area contributed by atoms with Crippen LogP contribution in [0.2, 0.25) is 0 Å². The van der Waals surface area contributed by atoms with E-state index in [1.807, 2.05) is 23.7 Å². The second kappa shape index (κ2) is 5.11. The van der Waals surface area contributed by atoms with Crippen molar-refractivity contribution in [1.29, 1.82) is 0 Å². The minimum atomic E-state index is -0.951. The molecule has 0 atom stereocenters. The molecule has 2 rings (SSSR count). The van der Waals surface area contributed by atoms with Gasteiger partial charge < -0.3 is 9.84 Å². The van der Waals surface area contributed by atoms with Crippen molar-refractivity contribution in [3.8, 4) is 0 Å². The average Bonchev–Trinajstić information content (AvgIpc) is 2.80. The molecule has 0 aromatic carbocycles. The molecule has 2 aromatic rings. The number of carbonyl (C=O) groups is 1. The number of rotatable bonds is 5. The Morgan fingerprint density at radius 3 is 3.12 bits per heavy atom. The Bertz CT molecular complexity index is 525. The highest BCUT2D eigenvalue weighted by molar-refractivity contribution is 7.17. The molecule has 6 heteroatoms. The number of fused-ring (bicyclic) bond motifs is 1. The first kappa shape index (κ1) is 11.8. The highest BCUT2D eigenvalue weighted by Gasteiger charge is 2.05. The molecule has 0 spiro atoms. The molecule has 0 amide bonds. The first-order chi connectivity index (χ1) is 8.19. The third-order valence-electron chi connectivity index (χ3n) is 2.07. The van der Waals surface area contributed by atoms with Gasteiger partial charge in [-0.25, -0.2) is 9.78 Å². The van der Waals surface area contributed by atoms with Gasteiger partial charge in [-0.2, -0.15) is 0 Å². The lowest BCUT2D eigenvalue weighted by atomic mass is 10.4. The van der Waals surface area contributed by atoms with Gasteiger partial charge >= 0.3 is 5.97 Å². The normalized spacial score (nSPS) is 11.6. The van der Waals surface area contributed by atoms with Crippen molar-refractivity contribution in [2.24, 2.45) is 0 Å². The third-order valence-corrected chi connectivity index (χ3v) is 3.03. The van der Waals surface area contributed by atoms with E-state index in [1.54, 1.807) is 6.08 Å². The molecule has 0 radical (unpaired) electrons. The van der Waals surface area contributed by atoms with Gasteiger partial charge in [0.05, 0.1) is 12.3 Å². The third kappa shape index (κ3) is 2.92. The van der Waals surface area contributed by atoms with Crippen molar-refractivity contribution in [2.75, 3.05) is 6.61 Å². The van der Waals surface area contributed by atoms with Crippen molar-refractivity contribution in [1.82, 2.24) is 9.38 Å². The fourth-order valence-electron chi connectivity index (χ4n) is 1.37. The van der Waals surface area contributed by atoms with E-state index in [1.165, 1.54) is 11.3 Å². The Morgan fingerprint density at radius 2 is 2.47 bits per heavy atom. The van der Waals surface area contributed by atoms with Gasteiger partial charge in [0, 0.05) is 30.0 Å². The number of ether oxygens (including phenoxy) is 1. The van der Waals surface area contributed by atoms with Gasteiger partial charge in [-0.1, -0.05) is 11.3 Å². The molecular weight excluding hydrogens is 240 g/mol. The smallest absolute Gasteiger partial charge is 0.328 e. The topological polar surface area (TPSA) is 63.8 Å². The van der Waals surface area contributed by atoms with Crippen molar-refractivity contribution >= 4 is 28.3 Å². The summed E-state index contributed by atoms with van der Waals surface area (Å²) in [6, 6.07) is 0. The molecular formula is C11H12N2O3S. The minimum absolute atomic E-state index is 0.505. The van der Waals surface area contributed by atoms with Gasteiger partial charge in [0.15, 0.2) is 4.96 Å². The van der Waals surface area contributed by atoms with Crippen LogP contribution in [-0.2, 0) is 16.1 Å². The molecule has 0 saturated carbocycles. The number of imidazole rings is 1. The first-order valence-corrected chi connectivity index (χ1v) is 5.97. The number of aliphatic carboxylic acids is 1. The molecule has 1 N–H and O–H groups in total. The summed E-state index contributed by atoms with van der Waals surface area (Å²) in [5, 5.41) is 8.52. The van der Waals surface area contributed by atoms with Crippen LogP contribution in [0.4, 0.5) is 0 Å². The first-order valence-electron chi connectivity index (χ1n) is 5.15. The lowest BCUT2D eigenvalue weighted by Gasteiger charge is -1.94. The Morgan fingerprint density at radius 1 is 1.65 bits per heavy atom. The second-order valence-corrected chi connectivity index (χ2v) is 4.40. The van der Waals surface area contributed by atoms with Gasteiger partial charge in [0.2, 0.25) is 0 Å². The van der Waals surface area contributed by atoms with Crippen LogP contribution in [0.5, 0.6) is 0 Å². The van der Waals surface area contributed by atoms with E-state index in [0.717, 1.165) is 21.6 Å². The maximum absolute atomic E-state index is 10.4. The monoisotopic (exact) mass is 252 g/mol. The molecule has 0 aliphatic rings. The predicted molar refractivity (Wildman–Crippen MR) is 65.1 cm³/mol. The van der Waals surface area contributed by atoms with E-state index in [9.17, 15) is 4.79 Å². The van der Waals surface area contributed by atoms with Crippen LogP contribution in [0, 0.1) is 0 Å². The fourth-order valence-corrected chi connectivity index (χ4v) is 2.26. The fraction of sp³-hybridized carbons (Fsp3) is 0.273. The summed E-state index contributed by atoms with van der Waals surface area (Å²) < 4.78 is 7.14. The summed E-state index contributed by atoms with van der Waals surface area (Å²) in [7, 11) is 0. The van der Waals surface area contributed by atoms with E-state index < -0.39 is 5.97 Å². The Balaban J connectivity index is 2.16. The van der Waals surface area contributed by atoms with Gasteiger partial charge in [-0.05, 0) is 13.0 Å². The van der Waals surface area contributed by atoms with Crippen LogP contribution in [0.3, 0.4) is 0 Å². The summed E-state index contributed by atoms with van der Waals surface area (Å²) in [5.74, 6) is -0.951. The number of carboxylic acid groups (broad SMARTS) is 1. The molecule has 2 aromatic heterocycles. The molecule has 0 aliphatic carbocycles. The number of hydrogen-bond acceptors (Lipinski definition) is 4. The molecule has 5 nitrogen and oxygen atoms in total. The van der Waals surface area contributed by atoms with Crippen LogP contribution < -0.4 is 0 Å². The molecule has 0 aliphatic heterocycles. The van der Waals surface area contributed by atoms with E-state index in [0.29, 0.717) is 13.2 Å². The molecule has 0 saturated heterocycles. The molecule has 2 heterocycles. The van der Waals surface area contributed by atoms with Crippen molar-refractivity contribution in [3.63, 3.8) is 0 Å². The van der Waals surface area contributed by atoms with Gasteiger partial charge in [-0.15, -0.1) is 0 Å². The van der Waals surface area contributed by atoms with Crippen LogP contribution in [-0.4, -0.2) is 27.1 Å². The van der Waals surface area contributed by atoms with Crippen molar-refractivity contribution in [3.05, 3.63) is 29.0 Å². The van der Waals surface area contributed by atoms with E-state index in [-0.39, 0.29) is 0 Å².